The molecule has 0 saturated heterocycles. The van der Waals surface area contributed by atoms with E-state index in [0.717, 1.165) is 12.2 Å². The summed E-state index contributed by atoms with van der Waals surface area (Å²) >= 11 is 7.64. The molecule has 1 aromatic rings. The maximum absolute atomic E-state index is 11.7. The van der Waals surface area contributed by atoms with Gasteiger partial charge in [-0.05, 0) is 18.6 Å². The molecule has 1 amide bonds. The molecule has 0 radical (unpaired) electrons. The fraction of sp³-hybridized carbons (Fsp3) is 0.462. The molecule has 0 aliphatic heterocycles. The number of anilines is 1. The van der Waals surface area contributed by atoms with Crippen molar-refractivity contribution in [3.05, 3.63) is 29.3 Å². The molecule has 0 aliphatic rings. The number of amides is 1. The molecule has 0 heterocycles. The van der Waals surface area contributed by atoms with Gasteiger partial charge in [0.05, 0.1) is 10.7 Å². The number of benzene rings is 1. The van der Waals surface area contributed by atoms with Gasteiger partial charge in [-0.2, -0.15) is 11.8 Å². The van der Waals surface area contributed by atoms with Crippen molar-refractivity contribution in [2.45, 2.75) is 25.0 Å². The number of aliphatic hydroxyl groups excluding tert-OH is 1. The van der Waals surface area contributed by atoms with Gasteiger partial charge in [0.1, 0.15) is 0 Å². The first-order chi connectivity index (χ1) is 8.63. The van der Waals surface area contributed by atoms with E-state index in [4.69, 9.17) is 16.7 Å². The molecule has 0 saturated carbocycles. The van der Waals surface area contributed by atoms with Gasteiger partial charge < -0.3 is 10.4 Å². The van der Waals surface area contributed by atoms with Gasteiger partial charge >= 0.3 is 0 Å². The number of rotatable bonds is 7. The van der Waals surface area contributed by atoms with E-state index in [0.29, 0.717) is 22.4 Å². The highest BCUT2D eigenvalue weighted by atomic mass is 35.5. The zero-order valence-corrected chi connectivity index (χ0v) is 11.9. The van der Waals surface area contributed by atoms with E-state index in [1.807, 2.05) is 19.1 Å². The lowest BCUT2D eigenvalue weighted by molar-refractivity contribution is -0.115. The summed E-state index contributed by atoms with van der Waals surface area (Å²) in [6.07, 6.45) is 1.21. The predicted octanol–water partition coefficient (Wildman–Crippen LogP) is 3.17. The number of para-hydroxylation sites is 1. The smallest absolute Gasteiger partial charge is 0.225 e. The summed E-state index contributed by atoms with van der Waals surface area (Å²) in [7, 11) is 0. The van der Waals surface area contributed by atoms with Crippen molar-refractivity contribution in [2.75, 3.05) is 17.7 Å². The highest BCUT2D eigenvalue weighted by molar-refractivity contribution is 7.99. The van der Waals surface area contributed by atoms with Crippen molar-refractivity contribution in [3.63, 3.8) is 0 Å². The Hall–Kier alpha value is -0.710. The first-order valence-corrected chi connectivity index (χ1v) is 7.33. The van der Waals surface area contributed by atoms with E-state index in [9.17, 15) is 4.79 Å². The van der Waals surface area contributed by atoms with Crippen LogP contribution in [0.3, 0.4) is 0 Å². The lowest BCUT2D eigenvalue weighted by Gasteiger charge is -2.10. The highest BCUT2D eigenvalue weighted by Gasteiger charge is 2.07. The molecule has 3 nitrogen and oxygen atoms in total. The summed E-state index contributed by atoms with van der Waals surface area (Å²) in [6, 6.07) is 7.18. The summed E-state index contributed by atoms with van der Waals surface area (Å²) in [5.41, 5.74) is 0.651. The highest BCUT2D eigenvalue weighted by Crippen LogP contribution is 2.21. The average Bonchev–Trinajstić information content (AvgIpc) is 2.32. The molecule has 18 heavy (non-hydrogen) atoms. The first-order valence-electron chi connectivity index (χ1n) is 5.90. The molecule has 100 valence electrons. The second-order valence-electron chi connectivity index (χ2n) is 3.97. The van der Waals surface area contributed by atoms with Crippen LogP contribution in [0.4, 0.5) is 5.69 Å². The summed E-state index contributed by atoms with van der Waals surface area (Å²) in [5, 5.41) is 12.5. The quantitative estimate of drug-likeness (QED) is 0.810. The van der Waals surface area contributed by atoms with E-state index in [1.165, 1.54) is 0 Å². The molecule has 1 atom stereocenters. The lowest BCUT2D eigenvalue weighted by atomic mass is 10.3. The van der Waals surface area contributed by atoms with Crippen molar-refractivity contribution in [2.24, 2.45) is 0 Å². The van der Waals surface area contributed by atoms with Crippen molar-refractivity contribution < 1.29 is 9.90 Å². The Balaban J connectivity index is 2.28. The lowest BCUT2D eigenvalue weighted by Crippen LogP contribution is -2.13. The predicted molar refractivity (Wildman–Crippen MR) is 78.3 cm³/mol. The molecule has 0 aliphatic carbocycles. The third-order valence-electron chi connectivity index (χ3n) is 2.42. The topological polar surface area (TPSA) is 49.3 Å². The van der Waals surface area contributed by atoms with Crippen LogP contribution in [0.25, 0.3) is 0 Å². The zero-order chi connectivity index (χ0) is 13.4. The minimum atomic E-state index is -0.0354. The second kappa shape index (κ2) is 8.40. The number of carbonyl (C=O) groups excluding carboxylic acids is 1. The van der Waals surface area contributed by atoms with Crippen LogP contribution in [0, 0.1) is 0 Å². The van der Waals surface area contributed by atoms with E-state index < -0.39 is 0 Å². The molecule has 2 N–H and O–H groups in total. The van der Waals surface area contributed by atoms with Crippen LogP contribution in [-0.2, 0) is 4.79 Å². The van der Waals surface area contributed by atoms with Crippen LogP contribution in [-0.4, -0.2) is 28.6 Å². The molecule has 5 heteroatoms. The zero-order valence-electron chi connectivity index (χ0n) is 10.4. The summed E-state index contributed by atoms with van der Waals surface area (Å²) in [5.74, 6) is 0.712. The van der Waals surface area contributed by atoms with Crippen LogP contribution in [0.2, 0.25) is 5.02 Å². The minimum Gasteiger partial charge on any atom is -0.396 e. The van der Waals surface area contributed by atoms with Crippen molar-refractivity contribution in [3.8, 4) is 0 Å². The van der Waals surface area contributed by atoms with Gasteiger partial charge in [0.2, 0.25) is 5.91 Å². The molecule has 0 fully saturated rings. The van der Waals surface area contributed by atoms with Gasteiger partial charge in [0, 0.05) is 24.0 Å². The molecule has 0 bridgehead atoms. The maximum Gasteiger partial charge on any atom is 0.225 e. The van der Waals surface area contributed by atoms with E-state index in [-0.39, 0.29) is 12.5 Å². The number of aliphatic hydroxyl groups is 1. The fourth-order valence-corrected chi connectivity index (χ4v) is 2.55. The van der Waals surface area contributed by atoms with Gasteiger partial charge in [-0.3, -0.25) is 4.79 Å². The third-order valence-corrected chi connectivity index (χ3v) is 3.99. The van der Waals surface area contributed by atoms with Crippen molar-refractivity contribution >= 4 is 35.0 Å². The van der Waals surface area contributed by atoms with E-state index >= 15 is 0 Å². The maximum atomic E-state index is 11.7. The Morgan fingerprint density at radius 1 is 1.50 bits per heavy atom. The number of carbonyl (C=O) groups is 1. The van der Waals surface area contributed by atoms with Crippen molar-refractivity contribution in [1.29, 1.82) is 0 Å². The molecule has 0 aromatic heterocycles. The molecular weight excluding hydrogens is 270 g/mol. The summed E-state index contributed by atoms with van der Waals surface area (Å²) < 4.78 is 0. The number of nitrogens with one attached hydrogen (secondary N) is 1. The van der Waals surface area contributed by atoms with Gasteiger partial charge in [0.25, 0.3) is 0 Å². The molecule has 1 unspecified atom stereocenters. The largest absolute Gasteiger partial charge is 0.396 e. The van der Waals surface area contributed by atoms with E-state index in [1.54, 1.807) is 23.9 Å². The van der Waals surface area contributed by atoms with Gasteiger partial charge in [-0.15, -0.1) is 0 Å². The Kier molecular flexibility index (Phi) is 7.16. The molecule has 1 aromatic carbocycles. The van der Waals surface area contributed by atoms with Crippen LogP contribution >= 0.6 is 23.4 Å². The first kappa shape index (κ1) is 15.3. The Labute approximate surface area is 117 Å². The second-order valence-corrected chi connectivity index (χ2v) is 5.93. The van der Waals surface area contributed by atoms with Crippen molar-refractivity contribution in [1.82, 2.24) is 0 Å². The molecule has 0 spiro atoms. The van der Waals surface area contributed by atoms with E-state index in [2.05, 4.69) is 5.32 Å². The van der Waals surface area contributed by atoms with Crippen LogP contribution in [0.1, 0.15) is 19.8 Å². The van der Waals surface area contributed by atoms with Crippen LogP contribution in [0.5, 0.6) is 0 Å². The number of halogens is 1. The average molecular weight is 288 g/mol. The standard InChI is InChI=1S/C13H18ClNO2S/c1-10(6-8-16)18-9-7-13(17)15-12-5-3-2-4-11(12)14/h2-5,10,16H,6-9H2,1H3,(H,15,17). The van der Waals surface area contributed by atoms with Gasteiger partial charge in [-0.25, -0.2) is 0 Å². The molecular formula is C13H18ClNO2S. The summed E-state index contributed by atoms with van der Waals surface area (Å²) in [6.45, 7) is 2.24. The minimum absolute atomic E-state index is 0.0354. The third kappa shape index (κ3) is 5.76. The fourth-order valence-electron chi connectivity index (χ4n) is 1.39. The van der Waals surface area contributed by atoms with Gasteiger partial charge in [0.15, 0.2) is 0 Å². The van der Waals surface area contributed by atoms with Crippen LogP contribution in [0.15, 0.2) is 24.3 Å². The van der Waals surface area contributed by atoms with Crippen LogP contribution < -0.4 is 5.32 Å². The summed E-state index contributed by atoms with van der Waals surface area (Å²) in [4.78, 5) is 11.7. The Bertz CT molecular complexity index is 387. The normalized spacial score (nSPS) is 12.2. The molecule has 1 rings (SSSR count). The Morgan fingerprint density at radius 3 is 2.89 bits per heavy atom. The Morgan fingerprint density at radius 2 is 2.22 bits per heavy atom. The number of thioether (sulfide) groups is 1. The monoisotopic (exact) mass is 287 g/mol. The van der Waals surface area contributed by atoms with Gasteiger partial charge in [-0.1, -0.05) is 30.7 Å². The number of hydrogen-bond donors (Lipinski definition) is 2. The number of hydrogen-bond acceptors (Lipinski definition) is 3. The SMILES string of the molecule is CC(CCO)SCCC(=O)Nc1ccccc1Cl.